The Morgan fingerprint density at radius 1 is 1.38 bits per heavy atom. The van der Waals surface area contributed by atoms with Crippen molar-refractivity contribution in [1.82, 2.24) is 4.90 Å². The molecule has 1 amide bonds. The fourth-order valence-corrected chi connectivity index (χ4v) is 3.75. The van der Waals surface area contributed by atoms with E-state index >= 15 is 0 Å². The Hall–Kier alpha value is -3.71. The second kappa shape index (κ2) is 6.72. The van der Waals surface area contributed by atoms with E-state index in [1.165, 1.54) is 4.90 Å². The number of nitriles is 1. The fourth-order valence-electron chi connectivity index (χ4n) is 3.75. The fraction of sp³-hybridized carbons (Fsp3) is 0.318. The Morgan fingerprint density at radius 2 is 2.03 bits per heavy atom. The van der Waals surface area contributed by atoms with Crippen molar-refractivity contribution in [3.63, 3.8) is 0 Å². The normalized spacial score (nSPS) is 20.9. The molecular formula is C22H21N3O4. The zero-order chi connectivity index (χ0) is 21.6. The minimum Gasteiger partial charge on any atom is -0.457 e. The smallest absolute Gasteiger partial charge is 0.338 e. The highest BCUT2D eigenvalue weighted by atomic mass is 16.6. The number of carbonyl (C=O) groups excluding carboxylic acids is 2. The summed E-state index contributed by atoms with van der Waals surface area (Å²) in [6.45, 7) is 6.69. The number of terminal acetylenes is 1. The first kappa shape index (κ1) is 20.0. The summed E-state index contributed by atoms with van der Waals surface area (Å²) >= 11 is 0. The van der Waals surface area contributed by atoms with Crippen molar-refractivity contribution >= 4 is 11.9 Å². The maximum absolute atomic E-state index is 13.7. The molecule has 0 aromatic heterocycles. The Morgan fingerprint density at radius 3 is 2.62 bits per heavy atom. The quantitative estimate of drug-likeness (QED) is 0.611. The number of carbonyl (C=O) groups is 2. The Bertz CT molecular complexity index is 1060. The van der Waals surface area contributed by atoms with E-state index in [4.69, 9.17) is 21.6 Å². The predicted octanol–water partition coefficient (Wildman–Crippen LogP) is 2.10. The van der Waals surface area contributed by atoms with Gasteiger partial charge in [0.2, 0.25) is 11.8 Å². The van der Waals surface area contributed by atoms with Gasteiger partial charge in [-0.3, -0.25) is 4.79 Å². The van der Waals surface area contributed by atoms with E-state index in [2.05, 4.69) is 5.92 Å². The van der Waals surface area contributed by atoms with Crippen molar-refractivity contribution in [2.24, 2.45) is 5.73 Å². The minimum absolute atomic E-state index is 0.0166. The highest BCUT2D eigenvalue weighted by molar-refractivity contribution is 6.12. The van der Waals surface area contributed by atoms with Crippen molar-refractivity contribution < 1.29 is 19.1 Å². The number of esters is 1. The van der Waals surface area contributed by atoms with Gasteiger partial charge in [0.05, 0.1) is 12.1 Å². The maximum Gasteiger partial charge on any atom is 0.338 e. The van der Waals surface area contributed by atoms with Crippen LogP contribution < -0.4 is 10.5 Å². The third-order valence-corrected chi connectivity index (χ3v) is 4.80. The Kier molecular flexibility index (Phi) is 4.64. The molecule has 2 N–H and O–H groups in total. The van der Waals surface area contributed by atoms with E-state index in [-0.39, 0.29) is 29.3 Å². The SMILES string of the molecule is C#CCN1C(=O)C2(C(C#N)=C(N)Oc3ccccc32)C(C(=O)OC(C)(C)C)=C1C. The number of allylic oxidation sites excluding steroid dienone is 1. The number of hydrogen-bond donors (Lipinski definition) is 1. The van der Waals surface area contributed by atoms with Gasteiger partial charge in [-0.2, -0.15) is 5.26 Å². The summed E-state index contributed by atoms with van der Waals surface area (Å²) in [6.07, 6.45) is 5.45. The molecule has 7 heteroatoms. The van der Waals surface area contributed by atoms with Crippen LogP contribution in [-0.2, 0) is 19.7 Å². The van der Waals surface area contributed by atoms with Crippen molar-refractivity contribution in [2.75, 3.05) is 6.54 Å². The molecule has 2 aliphatic heterocycles. The number of fused-ring (bicyclic) bond motifs is 2. The number of ether oxygens (including phenoxy) is 2. The summed E-state index contributed by atoms with van der Waals surface area (Å²) in [6, 6.07) is 8.63. The van der Waals surface area contributed by atoms with Gasteiger partial charge in [-0.25, -0.2) is 4.79 Å². The molecule has 1 unspecified atom stereocenters. The van der Waals surface area contributed by atoms with Gasteiger partial charge in [-0.15, -0.1) is 6.42 Å². The van der Waals surface area contributed by atoms with Crippen LogP contribution in [-0.4, -0.2) is 28.9 Å². The van der Waals surface area contributed by atoms with Crippen LogP contribution in [0.25, 0.3) is 0 Å². The lowest BCUT2D eigenvalue weighted by Gasteiger charge is -2.35. The lowest BCUT2D eigenvalue weighted by molar-refractivity contribution is -0.151. The second-order valence-corrected chi connectivity index (χ2v) is 7.76. The third-order valence-electron chi connectivity index (χ3n) is 4.80. The molecule has 7 nitrogen and oxygen atoms in total. The molecule has 0 saturated carbocycles. The molecule has 0 aliphatic carbocycles. The molecule has 2 heterocycles. The summed E-state index contributed by atoms with van der Waals surface area (Å²) in [5, 5.41) is 9.91. The van der Waals surface area contributed by atoms with Crippen molar-refractivity contribution in [3.05, 3.63) is 52.6 Å². The van der Waals surface area contributed by atoms with Gasteiger partial charge >= 0.3 is 5.97 Å². The number of benzene rings is 1. The van der Waals surface area contributed by atoms with E-state index in [1.807, 2.05) is 6.07 Å². The lowest BCUT2D eigenvalue weighted by atomic mass is 9.68. The van der Waals surface area contributed by atoms with Crippen LogP contribution in [0.3, 0.4) is 0 Å². The van der Waals surface area contributed by atoms with Crippen LogP contribution in [0.5, 0.6) is 5.75 Å². The average molecular weight is 391 g/mol. The Labute approximate surface area is 169 Å². The van der Waals surface area contributed by atoms with Gasteiger partial charge in [0, 0.05) is 11.3 Å². The number of amides is 1. The molecule has 1 aromatic rings. The first-order chi connectivity index (χ1) is 13.6. The van der Waals surface area contributed by atoms with E-state index < -0.39 is 22.9 Å². The standard InChI is InChI=1S/C22H21N3O4/c1-6-11-25-13(2)17(19(26)29-21(3,4)5)22(20(25)27)14-9-7-8-10-16(14)28-18(24)15(22)12-23/h1,7-10H,11,24H2,2-5H3. The maximum atomic E-state index is 13.7. The number of nitrogens with two attached hydrogens (primary N) is 1. The van der Waals surface area contributed by atoms with E-state index in [1.54, 1.807) is 52.0 Å². The van der Waals surface area contributed by atoms with Gasteiger partial charge < -0.3 is 20.1 Å². The van der Waals surface area contributed by atoms with Gasteiger partial charge in [-0.05, 0) is 33.8 Å². The zero-order valence-electron chi connectivity index (χ0n) is 16.7. The summed E-state index contributed by atoms with van der Waals surface area (Å²) in [7, 11) is 0. The summed E-state index contributed by atoms with van der Waals surface area (Å²) in [5.41, 5.74) is 3.94. The van der Waals surface area contributed by atoms with Crippen LogP contribution in [0.15, 0.2) is 47.0 Å². The number of hydrogen-bond acceptors (Lipinski definition) is 6. The van der Waals surface area contributed by atoms with Gasteiger partial charge in [0.15, 0.2) is 5.41 Å². The third kappa shape index (κ3) is 2.83. The van der Waals surface area contributed by atoms with Gasteiger partial charge in [0.25, 0.3) is 0 Å². The molecule has 148 valence electrons. The highest BCUT2D eigenvalue weighted by Gasteiger charge is 2.62. The second-order valence-electron chi connectivity index (χ2n) is 7.76. The first-order valence-corrected chi connectivity index (χ1v) is 8.97. The van der Waals surface area contributed by atoms with Crippen molar-refractivity contribution in [3.8, 4) is 24.2 Å². The summed E-state index contributed by atoms with van der Waals surface area (Å²) < 4.78 is 11.2. The molecule has 1 spiro atoms. The van der Waals surface area contributed by atoms with Crippen LogP contribution in [0.1, 0.15) is 33.3 Å². The molecule has 1 aromatic carbocycles. The largest absolute Gasteiger partial charge is 0.457 e. The molecule has 29 heavy (non-hydrogen) atoms. The number of rotatable bonds is 2. The zero-order valence-corrected chi connectivity index (χ0v) is 16.7. The Balaban J connectivity index is 2.41. The molecule has 2 aliphatic rings. The van der Waals surface area contributed by atoms with E-state index in [0.29, 0.717) is 11.3 Å². The van der Waals surface area contributed by atoms with Crippen LogP contribution >= 0.6 is 0 Å². The number of para-hydroxylation sites is 1. The molecular weight excluding hydrogens is 370 g/mol. The highest BCUT2D eigenvalue weighted by Crippen LogP contribution is 2.53. The molecule has 0 saturated heterocycles. The molecule has 3 rings (SSSR count). The van der Waals surface area contributed by atoms with Gasteiger partial charge in [0.1, 0.15) is 23.0 Å². The molecule has 0 radical (unpaired) electrons. The summed E-state index contributed by atoms with van der Waals surface area (Å²) in [4.78, 5) is 28.3. The monoisotopic (exact) mass is 391 g/mol. The van der Waals surface area contributed by atoms with Crippen LogP contribution in [0, 0.1) is 23.7 Å². The topological polar surface area (TPSA) is 106 Å². The molecule has 0 fully saturated rings. The van der Waals surface area contributed by atoms with Crippen LogP contribution in [0.4, 0.5) is 0 Å². The first-order valence-electron chi connectivity index (χ1n) is 8.97. The average Bonchev–Trinajstić information content (AvgIpc) is 2.83. The van der Waals surface area contributed by atoms with Crippen LogP contribution in [0.2, 0.25) is 0 Å². The lowest BCUT2D eigenvalue weighted by Crippen LogP contribution is -2.47. The molecule has 1 atom stereocenters. The summed E-state index contributed by atoms with van der Waals surface area (Å²) in [5.74, 6) is 1.21. The van der Waals surface area contributed by atoms with Crippen molar-refractivity contribution in [1.29, 1.82) is 5.26 Å². The predicted molar refractivity (Wildman–Crippen MR) is 105 cm³/mol. The minimum atomic E-state index is -1.78. The van der Waals surface area contributed by atoms with E-state index in [0.717, 1.165) is 0 Å². The van der Waals surface area contributed by atoms with E-state index in [9.17, 15) is 14.9 Å². The molecule has 0 bridgehead atoms. The number of nitrogens with zero attached hydrogens (tertiary/aromatic N) is 2. The van der Waals surface area contributed by atoms with Gasteiger partial charge in [-0.1, -0.05) is 24.1 Å². The van der Waals surface area contributed by atoms with Crippen molar-refractivity contribution in [2.45, 2.75) is 38.7 Å².